The molecule has 112 valence electrons. The van der Waals surface area contributed by atoms with Crippen LogP contribution < -0.4 is 10.1 Å². The molecule has 6 heteroatoms. The SMILES string of the molecule is CC(C)(CCO)CNC(=O)c1ccc(OC(F)F)cc1. The highest BCUT2D eigenvalue weighted by Gasteiger charge is 2.18. The van der Waals surface area contributed by atoms with Gasteiger partial charge in [0.1, 0.15) is 5.75 Å². The molecule has 1 rings (SSSR count). The number of carbonyl (C=O) groups excluding carboxylic acids is 1. The summed E-state index contributed by atoms with van der Waals surface area (Å²) in [4.78, 5) is 11.9. The molecule has 0 spiro atoms. The molecule has 4 nitrogen and oxygen atoms in total. The third-order valence-corrected chi connectivity index (χ3v) is 2.86. The summed E-state index contributed by atoms with van der Waals surface area (Å²) in [6, 6.07) is 5.48. The van der Waals surface area contributed by atoms with Crippen molar-refractivity contribution >= 4 is 5.91 Å². The molecule has 1 aromatic rings. The molecule has 0 aromatic heterocycles. The molecule has 0 heterocycles. The summed E-state index contributed by atoms with van der Waals surface area (Å²) in [6.07, 6.45) is 0.578. The van der Waals surface area contributed by atoms with Crippen molar-refractivity contribution in [2.45, 2.75) is 26.9 Å². The minimum atomic E-state index is -2.88. The van der Waals surface area contributed by atoms with E-state index in [-0.39, 0.29) is 23.7 Å². The number of nitrogens with one attached hydrogen (secondary N) is 1. The zero-order valence-corrected chi connectivity index (χ0v) is 11.5. The molecule has 0 atom stereocenters. The first kappa shape index (κ1) is 16.4. The Morgan fingerprint density at radius 3 is 2.45 bits per heavy atom. The minimum Gasteiger partial charge on any atom is -0.435 e. The van der Waals surface area contributed by atoms with Gasteiger partial charge in [-0.15, -0.1) is 0 Å². The lowest BCUT2D eigenvalue weighted by molar-refractivity contribution is -0.0498. The highest BCUT2D eigenvalue weighted by atomic mass is 19.3. The Hall–Kier alpha value is -1.69. The molecule has 1 amide bonds. The Bertz CT molecular complexity index is 433. The van der Waals surface area contributed by atoms with Crippen molar-refractivity contribution in [3.05, 3.63) is 29.8 Å². The third-order valence-electron chi connectivity index (χ3n) is 2.86. The molecule has 0 aliphatic heterocycles. The summed E-state index contributed by atoms with van der Waals surface area (Å²) >= 11 is 0. The Labute approximate surface area is 116 Å². The van der Waals surface area contributed by atoms with Gasteiger partial charge in [0, 0.05) is 18.7 Å². The summed E-state index contributed by atoms with van der Waals surface area (Å²) < 4.78 is 28.2. The van der Waals surface area contributed by atoms with E-state index in [0.29, 0.717) is 18.5 Å². The van der Waals surface area contributed by atoms with Crippen LogP contribution in [0.2, 0.25) is 0 Å². The fraction of sp³-hybridized carbons (Fsp3) is 0.500. The van der Waals surface area contributed by atoms with Crippen molar-refractivity contribution < 1.29 is 23.4 Å². The molecule has 2 N–H and O–H groups in total. The van der Waals surface area contributed by atoms with Crippen molar-refractivity contribution in [1.82, 2.24) is 5.32 Å². The molecular weight excluding hydrogens is 268 g/mol. The Morgan fingerprint density at radius 1 is 1.35 bits per heavy atom. The number of alkyl halides is 2. The summed E-state index contributed by atoms with van der Waals surface area (Å²) in [5, 5.41) is 11.6. The summed E-state index contributed by atoms with van der Waals surface area (Å²) in [6.45, 7) is 1.46. The second-order valence-corrected chi connectivity index (χ2v) is 5.22. The van der Waals surface area contributed by atoms with Crippen molar-refractivity contribution in [2.24, 2.45) is 5.41 Å². The van der Waals surface area contributed by atoms with Gasteiger partial charge in [-0.1, -0.05) is 13.8 Å². The minimum absolute atomic E-state index is 0.0113. The lowest BCUT2D eigenvalue weighted by atomic mass is 9.89. The standard InChI is InChI=1S/C14H19F2NO3/c1-14(2,7-8-18)9-17-12(19)10-3-5-11(6-4-10)20-13(15)16/h3-6,13,18H,7-9H2,1-2H3,(H,17,19). The van der Waals surface area contributed by atoms with E-state index in [1.54, 1.807) is 0 Å². The number of hydrogen-bond acceptors (Lipinski definition) is 3. The van der Waals surface area contributed by atoms with Gasteiger partial charge in [-0.25, -0.2) is 0 Å². The Kier molecular flexibility index (Phi) is 5.88. The summed E-state index contributed by atoms with van der Waals surface area (Å²) in [7, 11) is 0. The van der Waals surface area contributed by atoms with Gasteiger partial charge in [-0.3, -0.25) is 4.79 Å². The van der Waals surface area contributed by atoms with Gasteiger partial charge in [0.15, 0.2) is 0 Å². The van der Waals surface area contributed by atoms with Gasteiger partial charge in [-0.2, -0.15) is 8.78 Å². The molecule has 1 aromatic carbocycles. The number of carbonyl (C=O) groups is 1. The predicted molar refractivity (Wildman–Crippen MR) is 70.9 cm³/mol. The lowest BCUT2D eigenvalue weighted by Crippen LogP contribution is -2.34. The maximum Gasteiger partial charge on any atom is 0.387 e. The van der Waals surface area contributed by atoms with Crippen LogP contribution in [0.5, 0.6) is 5.75 Å². The van der Waals surface area contributed by atoms with E-state index in [4.69, 9.17) is 5.11 Å². The van der Waals surface area contributed by atoms with Gasteiger partial charge in [0.2, 0.25) is 0 Å². The largest absolute Gasteiger partial charge is 0.435 e. The zero-order chi connectivity index (χ0) is 15.2. The maximum atomic E-state index is 12.0. The number of benzene rings is 1. The number of ether oxygens (including phenoxy) is 1. The van der Waals surface area contributed by atoms with Crippen LogP contribution in [0, 0.1) is 5.41 Å². The molecule has 0 bridgehead atoms. The van der Waals surface area contributed by atoms with E-state index in [9.17, 15) is 13.6 Å². The quantitative estimate of drug-likeness (QED) is 0.809. The topological polar surface area (TPSA) is 58.6 Å². The van der Waals surface area contributed by atoms with Crippen LogP contribution in [0.3, 0.4) is 0 Å². The van der Waals surface area contributed by atoms with Crippen LogP contribution in [0.15, 0.2) is 24.3 Å². The van der Waals surface area contributed by atoms with Crippen LogP contribution in [0.25, 0.3) is 0 Å². The Balaban J connectivity index is 2.55. The first-order chi connectivity index (χ1) is 9.34. The van der Waals surface area contributed by atoms with Gasteiger partial charge >= 0.3 is 6.61 Å². The molecule has 0 unspecified atom stereocenters. The molecule has 20 heavy (non-hydrogen) atoms. The van der Waals surface area contributed by atoms with E-state index in [0.717, 1.165) is 0 Å². The van der Waals surface area contributed by atoms with Crippen LogP contribution in [0.4, 0.5) is 8.78 Å². The normalized spacial score (nSPS) is 11.5. The van der Waals surface area contributed by atoms with Gasteiger partial charge in [-0.05, 0) is 36.1 Å². The van der Waals surface area contributed by atoms with E-state index in [2.05, 4.69) is 10.1 Å². The van der Waals surface area contributed by atoms with Crippen LogP contribution in [-0.4, -0.2) is 30.8 Å². The third kappa shape index (κ3) is 5.52. The number of amides is 1. The molecular formula is C14H19F2NO3. The number of rotatable bonds is 7. The number of aliphatic hydroxyl groups excluding tert-OH is 1. The van der Waals surface area contributed by atoms with Gasteiger partial charge in [0.25, 0.3) is 5.91 Å². The fourth-order valence-corrected chi connectivity index (χ4v) is 1.60. The van der Waals surface area contributed by atoms with E-state index in [1.165, 1.54) is 24.3 Å². The second-order valence-electron chi connectivity index (χ2n) is 5.22. The van der Waals surface area contributed by atoms with Crippen LogP contribution in [-0.2, 0) is 0 Å². The highest BCUT2D eigenvalue weighted by Crippen LogP contribution is 2.19. The molecule has 0 aliphatic carbocycles. The second kappa shape index (κ2) is 7.19. The summed E-state index contributed by atoms with van der Waals surface area (Å²) in [5.74, 6) is -0.281. The molecule has 0 saturated heterocycles. The molecule has 0 radical (unpaired) electrons. The Morgan fingerprint density at radius 2 is 1.95 bits per heavy atom. The van der Waals surface area contributed by atoms with Gasteiger partial charge in [0.05, 0.1) is 0 Å². The molecule has 0 saturated carbocycles. The van der Waals surface area contributed by atoms with E-state index >= 15 is 0 Å². The maximum absolute atomic E-state index is 12.0. The number of hydrogen-bond donors (Lipinski definition) is 2. The number of aliphatic hydroxyl groups is 1. The molecule has 0 aliphatic rings. The summed E-state index contributed by atoms with van der Waals surface area (Å²) in [5.41, 5.74) is 0.162. The van der Waals surface area contributed by atoms with Crippen LogP contribution in [0.1, 0.15) is 30.6 Å². The van der Waals surface area contributed by atoms with Crippen LogP contribution >= 0.6 is 0 Å². The van der Waals surface area contributed by atoms with Crippen molar-refractivity contribution in [3.63, 3.8) is 0 Å². The van der Waals surface area contributed by atoms with E-state index in [1.807, 2.05) is 13.8 Å². The van der Waals surface area contributed by atoms with Crippen molar-refractivity contribution in [2.75, 3.05) is 13.2 Å². The zero-order valence-electron chi connectivity index (χ0n) is 11.5. The number of halogens is 2. The highest BCUT2D eigenvalue weighted by molar-refractivity contribution is 5.94. The average Bonchev–Trinajstić information content (AvgIpc) is 2.36. The smallest absolute Gasteiger partial charge is 0.387 e. The average molecular weight is 287 g/mol. The first-order valence-corrected chi connectivity index (χ1v) is 6.28. The fourth-order valence-electron chi connectivity index (χ4n) is 1.60. The molecule has 0 fully saturated rings. The predicted octanol–water partition coefficient (Wildman–Crippen LogP) is 2.43. The van der Waals surface area contributed by atoms with Crippen molar-refractivity contribution in [3.8, 4) is 5.75 Å². The lowest BCUT2D eigenvalue weighted by Gasteiger charge is -2.23. The first-order valence-electron chi connectivity index (χ1n) is 6.28. The van der Waals surface area contributed by atoms with Gasteiger partial charge < -0.3 is 15.2 Å². The monoisotopic (exact) mass is 287 g/mol. The van der Waals surface area contributed by atoms with Crippen molar-refractivity contribution in [1.29, 1.82) is 0 Å². The van der Waals surface area contributed by atoms with E-state index < -0.39 is 6.61 Å².